The fraction of sp³-hybridized carbons (Fsp3) is 0.808. The van der Waals surface area contributed by atoms with Crippen LogP contribution < -0.4 is 5.32 Å². The molecule has 0 aliphatic rings. The number of ether oxygens (including phenoxy) is 1. The van der Waals surface area contributed by atoms with E-state index in [0.29, 0.717) is 19.3 Å². The van der Waals surface area contributed by atoms with Crippen LogP contribution in [0.15, 0.2) is 48.6 Å². The van der Waals surface area contributed by atoms with Gasteiger partial charge in [-0.2, -0.15) is 0 Å². The van der Waals surface area contributed by atoms with Crippen molar-refractivity contribution in [1.29, 1.82) is 0 Å². The number of hydrogen-bond acceptors (Lipinski definition) is 5. The zero-order chi connectivity index (χ0) is 42.4. The average Bonchev–Trinajstić information content (AvgIpc) is 3.22. The van der Waals surface area contributed by atoms with Crippen molar-refractivity contribution in [3.05, 3.63) is 48.6 Å². The van der Waals surface area contributed by atoms with Crippen molar-refractivity contribution in [3.63, 3.8) is 0 Å². The van der Waals surface area contributed by atoms with Crippen molar-refractivity contribution in [3.8, 4) is 0 Å². The first-order valence-electron chi connectivity index (χ1n) is 24.9. The van der Waals surface area contributed by atoms with Crippen LogP contribution in [0.5, 0.6) is 0 Å². The van der Waals surface area contributed by atoms with Crippen LogP contribution in [0.1, 0.15) is 245 Å². The van der Waals surface area contributed by atoms with Crippen LogP contribution in [0.25, 0.3) is 0 Å². The van der Waals surface area contributed by atoms with Crippen LogP contribution in [-0.4, -0.2) is 46.9 Å². The molecule has 6 heteroatoms. The summed E-state index contributed by atoms with van der Waals surface area (Å²) in [5, 5.41) is 23.7. The first kappa shape index (κ1) is 55.8. The number of aliphatic hydroxyl groups is 2. The van der Waals surface area contributed by atoms with Gasteiger partial charge in [0.05, 0.1) is 25.2 Å². The molecule has 1 amide bonds. The van der Waals surface area contributed by atoms with Gasteiger partial charge in [-0.25, -0.2) is 0 Å². The molecule has 0 aromatic heterocycles. The number of carbonyl (C=O) groups is 2. The topological polar surface area (TPSA) is 95.9 Å². The standard InChI is InChI=1S/C52H95NO5/c1-4-7-10-13-16-19-22-24-26-28-30-33-36-39-42-45-52(57)58-48(43-40-37-34-31-29-27-25-23-20-17-14-11-8-5-2)46-51(56)53-49(47-54)50(55)44-41-38-35-32-21-18-15-12-9-6-3/h8,11,17,19-20,22,25,27,48-50,54-55H,4-7,9-10,12-16,18,21,23-24,26,28-47H2,1-3H3,(H,53,56)/b11-8+,20-17+,22-19-,27-25+. The summed E-state index contributed by atoms with van der Waals surface area (Å²) in [5.74, 6) is -0.499. The van der Waals surface area contributed by atoms with Gasteiger partial charge >= 0.3 is 5.97 Å². The van der Waals surface area contributed by atoms with Crippen molar-refractivity contribution < 1.29 is 24.5 Å². The number of rotatable bonds is 44. The van der Waals surface area contributed by atoms with Gasteiger partial charge in [-0.3, -0.25) is 9.59 Å². The third kappa shape index (κ3) is 40.6. The average molecular weight is 814 g/mol. The van der Waals surface area contributed by atoms with E-state index in [-0.39, 0.29) is 24.9 Å². The molecule has 6 nitrogen and oxygen atoms in total. The van der Waals surface area contributed by atoms with E-state index in [2.05, 4.69) is 74.7 Å². The zero-order valence-corrected chi connectivity index (χ0v) is 38.4. The maximum Gasteiger partial charge on any atom is 0.306 e. The number of unbranched alkanes of at least 4 members (excludes halogenated alkanes) is 24. The number of nitrogens with one attached hydrogen (secondary N) is 1. The Hall–Kier alpha value is -2.18. The lowest BCUT2D eigenvalue weighted by Crippen LogP contribution is -2.46. The highest BCUT2D eigenvalue weighted by Gasteiger charge is 2.24. The van der Waals surface area contributed by atoms with Crippen molar-refractivity contribution in [2.75, 3.05) is 6.61 Å². The van der Waals surface area contributed by atoms with Crippen LogP contribution in [0.3, 0.4) is 0 Å². The highest BCUT2D eigenvalue weighted by Crippen LogP contribution is 2.17. The smallest absolute Gasteiger partial charge is 0.306 e. The zero-order valence-electron chi connectivity index (χ0n) is 38.4. The molecule has 0 saturated heterocycles. The summed E-state index contributed by atoms with van der Waals surface area (Å²) in [6.07, 6.45) is 54.5. The molecule has 0 aromatic carbocycles. The number of aliphatic hydroxyl groups excluding tert-OH is 2. The van der Waals surface area contributed by atoms with E-state index >= 15 is 0 Å². The third-order valence-electron chi connectivity index (χ3n) is 11.1. The minimum atomic E-state index is -0.793. The highest BCUT2D eigenvalue weighted by atomic mass is 16.5. The van der Waals surface area contributed by atoms with Crippen LogP contribution >= 0.6 is 0 Å². The third-order valence-corrected chi connectivity index (χ3v) is 11.1. The summed E-state index contributed by atoms with van der Waals surface area (Å²) in [5.41, 5.74) is 0. The number of allylic oxidation sites excluding steroid dienone is 8. The summed E-state index contributed by atoms with van der Waals surface area (Å²) < 4.78 is 5.92. The maximum absolute atomic E-state index is 13.2. The van der Waals surface area contributed by atoms with Gasteiger partial charge in [0.1, 0.15) is 6.10 Å². The largest absolute Gasteiger partial charge is 0.462 e. The van der Waals surface area contributed by atoms with Crippen LogP contribution in [-0.2, 0) is 14.3 Å². The Morgan fingerprint density at radius 2 is 0.931 bits per heavy atom. The highest BCUT2D eigenvalue weighted by molar-refractivity contribution is 5.77. The minimum Gasteiger partial charge on any atom is -0.462 e. The lowest BCUT2D eigenvalue weighted by atomic mass is 10.0. The summed E-state index contributed by atoms with van der Waals surface area (Å²) in [6.45, 7) is 6.34. The normalized spacial score (nSPS) is 13.7. The predicted molar refractivity (Wildman–Crippen MR) is 250 cm³/mol. The molecule has 3 N–H and O–H groups in total. The summed E-state index contributed by atoms with van der Waals surface area (Å²) in [6, 6.07) is -0.708. The van der Waals surface area contributed by atoms with Gasteiger partial charge in [0.2, 0.25) is 5.91 Å². The van der Waals surface area contributed by atoms with Gasteiger partial charge < -0.3 is 20.3 Å². The van der Waals surface area contributed by atoms with E-state index in [1.807, 2.05) is 0 Å². The molecule has 0 radical (unpaired) electrons. The molecule has 338 valence electrons. The van der Waals surface area contributed by atoms with Gasteiger partial charge in [0.25, 0.3) is 0 Å². The fourth-order valence-corrected chi connectivity index (χ4v) is 7.38. The van der Waals surface area contributed by atoms with Crippen molar-refractivity contribution in [2.24, 2.45) is 0 Å². The van der Waals surface area contributed by atoms with E-state index in [9.17, 15) is 19.8 Å². The van der Waals surface area contributed by atoms with Crippen molar-refractivity contribution in [2.45, 2.75) is 264 Å². The molecule has 0 aromatic rings. The minimum absolute atomic E-state index is 0.0613. The molecular weight excluding hydrogens is 719 g/mol. The molecule has 0 heterocycles. The molecule has 0 bridgehead atoms. The molecule has 3 atom stereocenters. The molecular formula is C52H95NO5. The molecule has 0 saturated carbocycles. The Morgan fingerprint density at radius 1 is 0.517 bits per heavy atom. The number of hydrogen-bond donors (Lipinski definition) is 3. The van der Waals surface area contributed by atoms with Crippen molar-refractivity contribution in [1.82, 2.24) is 5.32 Å². The molecule has 0 aliphatic heterocycles. The molecule has 58 heavy (non-hydrogen) atoms. The summed E-state index contributed by atoms with van der Waals surface area (Å²) in [4.78, 5) is 26.1. The van der Waals surface area contributed by atoms with E-state index in [4.69, 9.17) is 4.74 Å². The van der Waals surface area contributed by atoms with Gasteiger partial charge in [0.15, 0.2) is 0 Å². The molecule has 0 rings (SSSR count). The van der Waals surface area contributed by atoms with Gasteiger partial charge in [-0.15, -0.1) is 0 Å². The number of carbonyl (C=O) groups excluding carboxylic acids is 2. The summed E-state index contributed by atoms with van der Waals surface area (Å²) in [7, 11) is 0. The monoisotopic (exact) mass is 814 g/mol. The summed E-state index contributed by atoms with van der Waals surface area (Å²) >= 11 is 0. The lowest BCUT2D eigenvalue weighted by molar-refractivity contribution is -0.151. The number of esters is 1. The van der Waals surface area contributed by atoms with E-state index in [1.54, 1.807) is 0 Å². The Bertz CT molecular complexity index is 1000. The van der Waals surface area contributed by atoms with Gasteiger partial charge in [-0.1, -0.05) is 198 Å². The van der Waals surface area contributed by atoms with E-state index < -0.39 is 18.2 Å². The Balaban J connectivity index is 4.62. The predicted octanol–water partition coefficient (Wildman–Crippen LogP) is 14.7. The number of amides is 1. The second-order valence-corrected chi connectivity index (χ2v) is 16.8. The Morgan fingerprint density at radius 3 is 1.45 bits per heavy atom. The van der Waals surface area contributed by atoms with E-state index in [1.165, 1.54) is 109 Å². The Labute approximate surface area is 359 Å². The molecule has 3 unspecified atom stereocenters. The quantitative estimate of drug-likeness (QED) is 0.0323. The Kier molecular flexibility index (Phi) is 44.2. The first-order chi connectivity index (χ1) is 28.5. The second kappa shape index (κ2) is 45.9. The lowest BCUT2D eigenvalue weighted by Gasteiger charge is -2.24. The van der Waals surface area contributed by atoms with Crippen molar-refractivity contribution >= 4 is 11.9 Å². The van der Waals surface area contributed by atoms with Gasteiger partial charge in [-0.05, 0) is 83.5 Å². The van der Waals surface area contributed by atoms with E-state index in [0.717, 1.165) is 89.9 Å². The van der Waals surface area contributed by atoms with Crippen LogP contribution in [0, 0.1) is 0 Å². The van der Waals surface area contributed by atoms with Crippen LogP contribution in [0.2, 0.25) is 0 Å². The molecule has 0 spiro atoms. The second-order valence-electron chi connectivity index (χ2n) is 16.8. The van der Waals surface area contributed by atoms with Gasteiger partial charge in [0, 0.05) is 6.42 Å². The first-order valence-corrected chi connectivity index (χ1v) is 24.9. The molecule has 0 fully saturated rings. The maximum atomic E-state index is 13.2. The van der Waals surface area contributed by atoms with Crippen LogP contribution in [0.4, 0.5) is 0 Å². The fourth-order valence-electron chi connectivity index (χ4n) is 7.38. The molecule has 0 aliphatic carbocycles. The SMILES string of the molecule is CC/C=C/C/C=C/C/C=C/CCCCCCC(CC(=O)NC(CO)C(O)CCCCCCCCCCCC)OC(=O)CCCCCCCCC/C=C\CCCCCC.